The number of nitrogens with zero attached hydrogens (tertiary/aromatic N) is 1. The molecule has 0 bridgehead atoms. The molecule has 122 valence electrons. The zero-order chi connectivity index (χ0) is 15.9. The summed E-state index contributed by atoms with van der Waals surface area (Å²) in [5.74, 6) is 0.833. The molecule has 0 saturated carbocycles. The quantitative estimate of drug-likeness (QED) is 0.834. The number of hydrogen-bond acceptors (Lipinski definition) is 3. The van der Waals surface area contributed by atoms with Crippen LogP contribution in [0.5, 0.6) is 5.75 Å². The first-order valence-electron chi connectivity index (χ1n) is 7.60. The summed E-state index contributed by atoms with van der Waals surface area (Å²) in [6.45, 7) is 2.61. The molecule has 4 nitrogen and oxygen atoms in total. The number of amides is 1. The van der Waals surface area contributed by atoms with Crippen molar-refractivity contribution in [3.8, 4) is 5.75 Å². The number of ether oxygens (including phenoxy) is 1. The van der Waals surface area contributed by atoms with Gasteiger partial charge in [-0.25, -0.2) is 4.39 Å². The third kappa shape index (κ3) is 4.95. The number of hydrogen-bond donors (Lipinski definition) is 1. The van der Waals surface area contributed by atoms with Crippen LogP contribution >= 0.6 is 15.9 Å². The maximum absolute atomic E-state index is 13.0. The van der Waals surface area contributed by atoms with Gasteiger partial charge >= 0.3 is 0 Å². The average Bonchev–Trinajstić information content (AvgIpc) is 2.52. The highest BCUT2D eigenvalue weighted by Crippen LogP contribution is 2.26. The molecule has 6 heteroatoms. The number of carbonyl (C=O) groups excluding carboxylic acids is 1. The van der Waals surface area contributed by atoms with Crippen molar-refractivity contribution in [2.75, 3.05) is 33.3 Å². The molecular formula is C16H22BrFN2O2. The van der Waals surface area contributed by atoms with Crippen molar-refractivity contribution in [3.63, 3.8) is 0 Å². The number of nitrogens with one attached hydrogen (secondary N) is 1. The summed E-state index contributed by atoms with van der Waals surface area (Å²) < 4.78 is 19.0. The van der Waals surface area contributed by atoms with Gasteiger partial charge in [-0.2, -0.15) is 0 Å². The van der Waals surface area contributed by atoms with Gasteiger partial charge in [0.05, 0.1) is 4.47 Å². The molecule has 0 spiro atoms. The van der Waals surface area contributed by atoms with Crippen LogP contribution < -0.4 is 10.1 Å². The summed E-state index contributed by atoms with van der Waals surface area (Å²) in [5.41, 5.74) is 0. The van der Waals surface area contributed by atoms with Gasteiger partial charge in [0.25, 0.3) is 5.91 Å². The highest BCUT2D eigenvalue weighted by Gasteiger charge is 2.22. The van der Waals surface area contributed by atoms with Gasteiger partial charge in [-0.15, -0.1) is 0 Å². The van der Waals surface area contributed by atoms with Crippen LogP contribution in [0.15, 0.2) is 22.7 Å². The Morgan fingerprint density at radius 2 is 2.18 bits per heavy atom. The predicted molar refractivity (Wildman–Crippen MR) is 87.4 cm³/mol. The lowest BCUT2D eigenvalue weighted by Gasteiger charge is -2.32. The SMILES string of the molecule is CNCCC1CCN(C(=O)COc2ccc(F)cc2Br)CC1. The van der Waals surface area contributed by atoms with Gasteiger partial charge in [0.15, 0.2) is 6.61 Å². The summed E-state index contributed by atoms with van der Waals surface area (Å²) in [7, 11) is 1.96. The van der Waals surface area contributed by atoms with Crippen LogP contribution in [0.1, 0.15) is 19.3 Å². The fraction of sp³-hybridized carbons (Fsp3) is 0.562. The standard InChI is InChI=1S/C16H22BrFN2O2/c1-19-7-4-12-5-8-20(9-6-12)16(21)11-22-15-3-2-13(18)10-14(15)17/h2-3,10,12,19H,4-9,11H2,1H3. The van der Waals surface area contributed by atoms with Crippen LogP contribution in [0.4, 0.5) is 4.39 Å². The first-order chi connectivity index (χ1) is 10.6. The highest BCUT2D eigenvalue weighted by molar-refractivity contribution is 9.10. The zero-order valence-corrected chi connectivity index (χ0v) is 14.4. The monoisotopic (exact) mass is 372 g/mol. The molecule has 1 amide bonds. The van der Waals surface area contributed by atoms with E-state index >= 15 is 0 Å². The van der Waals surface area contributed by atoms with Crippen LogP contribution in [0.2, 0.25) is 0 Å². The summed E-state index contributed by atoms with van der Waals surface area (Å²) >= 11 is 3.23. The fourth-order valence-corrected chi connectivity index (χ4v) is 3.11. The zero-order valence-electron chi connectivity index (χ0n) is 12.8. The molecule has 1 aliphatic heterocycles. The number of piperidine rings is 1. The Labute approximate surface area is 139 Å². The molecule has 1 heterocycles. The molecule has 2 rings (SSSR count). The number of likely N-dealkylation sites (tertiary alicyclic amines) is 1. The minimum Gasteiger partial charge on any atom is -0.483 e. The van der Waals surface area contributed by atoms with Crippen molar-refractivity contribution >= 4 is 21.8 Å². The van der Waals surface area contributed by atoms with E-state index in [0.29, 0.717) is 16.1 Å². The van der Waals surface area contributed by atoms with E-state index in [-0.39, 0.29) is 18.3 Å². The van der Waals surface area contributed by atoms with Crippen molar-refractivity contribution in [3.05, 3.63) is 28.5 Å². The van der Waals surface area contributed by atoms with E-state index < -0.39 is 0 Å². The second-order valence-corrected chi connectivity index (χ2v) is 6.43. The Balaban J connectivity index is 1.76. The van der Waals surface area contributed by atoms with Gasteiger partial charge in [-0.3, -0.25) is 4.79 Å². The Bertz CT molecular complexity index is 505. The minimum absolute atomic E-state index is 0.00852. The maximum Gasteiger partial charge on any atom is 0.260 e. The first kappa shape index (κ1) is 17.2. The van der Waals surface area contributed by atoms with Crippen molar-refractivity contribution < 1.29 is 13.9 Å². The Kier molecular flexibility index (Phi) is 6.64. The number of rotatable bonds is 6. The van der Waals surface area contributed by atoms with Crippen LogP contribution in [0, 0.1) is 11.7 Å². The topological polar surface area (TPSA) is 41.6 Å². The van der Waals surface area contributed by atoms with Gasteiger partial charge in [-0.05, 0) is 72.9 Å². The molecule has 0 radical (unpaired) electrons. The van der Waals surface area contributed by atoms with Crippen molar-refractivity contribution in [1.82, 2.24) is 10.2 Å². The molecule has 22 heavy (non-hydrogen) atoms. The van der Waals surface area contributed by atoms with Crippen molar-refractivity contribution in [1.29, 1.82) is 0 Å². The second-order valence-electron chi connectivity index (χ2n) is 5.58. The third-order valence-electron chi connectivity index (χ3n) is 4.01. The largest absolute Gasteiger partial charge is 0.483 e. The van der Waals surface area contributed by atoms with Crippen LogP contribution in [0.25, 0.3) is 0 Å². The van der Waals surface area contributed by atoms with E-state index in [1.54, 1.807) is 0 Å². The summed E-state index contributed by atoms with van der Waals surface area (Å²) in [5, 5.41) is 3.16. The van der Waals surface area contributed by atoms with Gasteiger partial charge in [0.1, 0.15) is 11.6 Å². The van der Waals surface area contributed by atoms with E-state index in [4.69, 9.17) is 4.74 Å². The molecule has 1 aromatic rings. The van der Waals surface area contributed by atoms with Crippen LogP contribution in [-0.4, -0.2) is 44.1 Å². The summed E-state index contributed by atoms with van der Waals surface area (Å²) in [4.78, 5) is 14.0. The van der Waals surface area contributed by atoms with Gasteiger partial charge in [0, 0.05) is 13.1 Å². The molecule has 1 saturated heterocycles. The van der Waals surface area contributed by atoms with Crippen LogP contribution in [0.3, 0.4) is 0 Å². The van der Waals surface area contributed by atoms with Gasteiger partial charge < -0.3 is 15.0 Å². The maximum atomic E-state index is 13.0. The lowest BCUT2D eigenvalue weighted by molar-refractivity contribution is -0.134. The van der Waals surface area contributed by atoms with E-state index in [0.717, 1.165) is 38.9 Å². The summed E-state index contributed by atoms with van der Waals surface area (Å²) in [6.07, 6.45) is 3.26. The van der Waals surface area contributed by atoms with E-state index in [1.807, 2.05) is 11.9 Å². The van der Waals surface area contributed by atoms with Gasteiger partial charge in [0.2, 0.25) is 0 Å². The van der Waals surface area contributed by atoms with E-state index in [2.05, 4.69) is 21.2 Å². The molecular weight excluding hydrogens is 351 g/mol. The number of halogens is 2. The van der Waals surface area contributed by atoms with E-state index in [9.17, 15) is 9.18 Å². The molecule has 1 aromatic carbocycles. The van der Waals surface area contributed by atoms with Crippen molar-refractivity contribution in [2.45, 2.75) is 19.3 Å². The van der Waals surface area contributed by atoms with Crippen LogP contribution in [-0.2, 0) is 4.79 Å². The number of carbonyl (C=O) groups is 1. The Morgan fingerprint density at radius 3 is 2.82 bits per heavy atom. The van der Waals surface area contributed by atoms with E-state index in [1.165, 1.54) is 18.2 Å². The molecule has 0 atom stereocenters. The normalized spacial score (nSPS) is 15.9. The predicted octanol–water partition coefficient (Wildman–Crippen LogP) is 2.82. The van der Waals surface area contributed by atoms with Crippen molar-refractivity contribution in [2.24, 2.45) is 5.92 Å². The second kappa shape index (κ2) is 8.48. The third-order valence-corrected chi connectivity index (χ3v) is 4.63. The Hall–Kier alpha value is -1.14. The Morgan fingerprint density at radius 1 is 1.45 bits per heavy atom. The lowest BCUT2D eigenvalue weighted by Crippen LogP contribution is -2.41. The average molecular weight is 373 g/mol. The lowest BCUT2D eigenvalue weighted by atomic mass is 9.93. The smallest absolute Gasteiger partial charge is 0.260 e. The summed E-state index contributed by atoms with van der Waals surface area (Å²) in [6, 6.07) is 4.17. The molecule has 0 unspecified atom stereocenters. The highest BCUT2D eigenvalue weighted by atomic mass is 79.9. The molecule has 1 fully saturated rings. The van der Waals surface area contributed by atoms with Gasteiger partial charge in [-0.1, -0.05) is 0 Å². The molecule has 1 N–H and O–H groups in total. The fourth-order valence-electron chi connectivity index (χ4n) is 2.64. The minimum atomic E-state index is -0.339. The first-order valence-corrected chi connectivity index (χ1v) is 8.39. The number of benzene rings is 1. The molecule has 0 aromatic heterocycles. The molecule has 0 aliphatic carbocycles. The molecule has 1 aliphatic rings.